The third-order valence-electron chi connectivity index (χ3n) is 2.35. The van der Waals surface area contributed by atoms with Crippen LogP contribution < -0.4 is 4.72 Å². The van der Waals surface area contributed by atoms with E-state index in [1.165, 1.54) is 0 Å². The van der Waals surface area contributed by atoms with Crippen molar-refractivity contribution in [2.24, 2.45) is 0 Å². The van der Waals surface area contributed by atoms with Crippen LogP contribution in [0.15, 0.2) is 24.3 Å². The van der Waals surface area contributed by atoms with Gasteiger partial charge in [0.05, 0.1) is 5.75 Å². The first-order chi connectivity index (χ1) is 7.98. The van der Waals surface area contributed by atoms with Gasteiger partial charge in [-0.2, -0.15) is 0 Å². The SMILES string of the molecule is CCCS(=O)(=O)NC(=O)c1ccc(CC)cc1. The molecular formula is C12H17NO3S. The summed E-state index contributed by atoms with van der Waals surface area (Å²) in [6, 6.07) is 6.91. The Hall–Kier alpha value is -1.36. The second kappa shape index (κ2) is 5.82. The number of hydrogen-bond donors (Lipinski definition) is 1. The summed E-state index contributed by atoms with van der Waals surface area (Å²) in [6.07, 6.45) is 1.37. The number of carbonyl (C=O) groups is 1. The van der Waals surface area contributed by atoms with E-state index in [4.69, 9.17) is 0 Å². The van der Waals surface area contributed by atoms with Gasteiger partial charge in [-0.3, -0.25) is 4.79 Å². The lowest BCUT2D eigenvalue weighted by Gasteiger charge is -2.06. The molecule has 1 amide bonds. The van der Waals surface area contributed by atoms with Crippen LogP contribution in [0.1, 0.15) is 36.2 Å². The Morgan fingerprint density at radius 2 is 1.76 bits per heavy atom. The Labute approximate surface area is 102 Å². The molecule has 0 spiro atoms. The minimum absolute atomic E-state index is 0.0359. The van der Waals surface area contributed by atoms with Crippen LogP contribution in [0, 0.1) is 0 Å². The molecule has 0 heterocycles. The van der Waals surface area contributed by atoms with Crippen molar-refractivity contribution < 1.29 is 13.2 Å². The van der Waals surface area contributed by atoms with Gasteiger partial charge >= 0.3 is 0 Å². The van der Waals surface area contributed by atoms with Crippen molar-refractivity contribution in [1.29, 1.82) is 0 Å². The van der Waals surface area contributed by atoms with E-state index in [0.717, 1.165) is 12.0 Å². The first-order valence-corrected chi connectivity index (χ1v) is 7.27. The molecule has 0 saturated heterocycles. The molecule has 1 rings (SSSR count). The van der Waals surface area contributed by atoms with Crippen LogP contribution >= 0.6 is 0 Å². The minimum atomic E-state index is -3.49. The Morgan fingerprint density at radius 1 is 1.18 bits per heavy atom. The fourth-order valence-corrected chi connectivity index (χ4v) is 2.45. The number of hydrogen-bond acceptors (Lipinski definition) is 3. The van der Waals surface area contributed by atoms with Gasteiger partial charge in [0.15, 0.2) is 0 Å². The van der Waals surface area contributed by atoms with Crippen LogP contribution in [0.25, 0.3) is 0 Å². The molecule has 0 aliphatic heterocycles. The first-order valence-electron chi connectivity index (χ1n) is 5.62. The molecule has 94 valence electrons. The first kappa shape index (κ1) is 13.7. The Morgan fingerprint density at radius 3 is 2.24 bits per heavy atom. The van der Waals surface area contributed by atoms with E-state index in [0.29, 0.717) is 12.0 Å². The van der Waals surface area contributed by atoms with Crippen molar-refractivity contribution in [1.82, 2.24) is 4.72 Å². The molecule has 1 aromatic rings. The molecule has 0 bridgehead atoms. The van der Waals surface area contributed by atoms with Gasteiger partial charge in [-0.25, -0.2) is 13.1 Å². The molecule has 1 N–H and O–H groups in total. The molecule has 0 fully saturated rings. The number of sulfonamides is 1. The minimum Gasteiger partial charge on any atom is -0.268 e. The van der Waals surface area contributed by atoms with Crippen LogP contribution in [0.2, 0.25) is 0 Å². The van der Waals surface area contributed by atoms with Crippen molar-refractivity contribution in [3.05, 3.63) is 35.4 Å². The van der Waals surface area contributed by atoms with Crippen molar-refractivity contribution in [2.45, 2.75) is 26.7 Å². The molecule has 0 atom stereocenters. The van der Waals surface area contributed by atoms with Gasteiger partial charge in [-0.05, 0) is 30.5 Å². The summed E-state index contributed by atoms with van der Waals surface area (Å²) in [4.78, 5) is 11.6. The van der Waals surface area contributed by atoms with Gasteiger partial charge in [0.2, 0.25) is 10.0 Å². The van der Waals surface area contributed by atoms with Crippen molar-refractivity contribution >= 4 is 15.9 Å². The molecule has 0 unspecified atom stereocenters. The van der Waals surface area contributed by atoms with Gasteiger partial charge in [0, 0.05) is 5.56 Å². The predicted molar refractivity (Wildman–Crippen MR) is 67.4 cm³/mol. The smallest absolute Gasteiger partial charge is 0.264 e. The lowest BCUT2D eigenvalue weighted by molar-refractivity contribution is 0.0981. The maximum Gasteiger partial charge on any atom is 0.264 e. The number of rotatable bonds is 5. The highest BCUT2D eigenvalue weighted by atomic mass is 32.2. The molecule has 0 aliphatic rings. The predicted octanol–water partition coefficient (Wildman–Crippen LogP) is 1.72. The maximum absolute atomic E-state index is 11.6. The van der Waals surface area contributed by atoms with Crippen molar-refractivity contribution in [3.8, 4) is 0 Å². The summed E-state index contributed by atoms with van der Waals surface area (Å²) in [5.74, 6) is -0.604. The maximum atomic E-state index is 11.6. The zero-order chi connectivity index (χ0) is 12.9. The zero-order valence-corrected chi connectivity index (χ0v) is 10.9. The number of nitrogens with one attached hydrogen (secondary N) is 1. The molecule has 0 aliphatic carbocycles. The van der Waals surface area contributed by atoms with E-state index < -0.39 is 15.9 Å². The molecule has 17 heavy (non-hydrogen) atoms. The van der Waals surface area contributed by atoms with E-state index in [9.17, 15) is 13.2 Å². The van der Waals surface area contributed by atoms with Crippen LogP contribution in [-0.2, 0) is 16.4 Å². The van der Waals surface area contributed by atoms with E-state index >= 15 is 0 Å². The van der Waals surface area contributed by atoms with Crippen LogP contribution in [0.3, 0.4) is 0 Å². The zero-order valence-electron chi connectivity index (χ0n) is 10.1. The topological polar surface area (TPSA) is 63.2 Å². The van der Waals surface area contributed by atoms with Gasteiger partial charge < -0.3 is 0 Å². The third kappa shape index (κ3) is 4.19. The third-order valence-corrected chi connectivity index (χ3v) is 3.79. The largest absolute Gasteiger partial charge is 0.268 e. The highest BCUT2D eigenvalue weighted by molar-refractivity contribution is 7.90. The second-order valence-corrected chi connectivity index (χ2v) is 5.64. The van der Waals surface area contributed by atoms with Gasteiger partial charge in [-0.15, -0.1) is 0 Å². The van der Waals surface area contributed by atoms with E-state index in [-0.39, 0.29) is 5.75 Å². The van der Waals surface area contributed by atoms with Crippen molar-refractivity contribution in [3.63, 3.8) is 0 Å². The van der Waals surface area contributed by atoms with Gasteiger partial charge in [-0.1, -0.05) is 26.0 Å². The number of aryl methyl sites for hydroxylation is 1. The van der Waals surface area contributed by atoms with Gasteiger partial charge in [0.1, 0.15) is 0 Å². The quantitative estimate of drug-likeness (QED) is 0.871. The Balaban J connectivity index is 2.76. The van der Waals surface area contributed by atoms with E-state index in [1.807, 2.05) is 23.8 Å². The molecular weight excluding hydrogens is 238 g/mol. The summed E-state index contributed by atoms with van der Waals surface area (Å²) in [5.41, 5.74) is 1.47. The lowest BCUT2D eigenvalue weighted by atomic mass is 10.1. The average molecular weight is 255 g/mol. The normalized spacial score (nSPS) is 11.2. The second-order valence-electron chi connectivity index (χ2n) is 3.80. The average Bonchev–Trinajstić information content (AvgIpc) is 2.28. The molecule has 4 nitrogen and oxygen atoms in total. The van der Waals surface area contributed by atoms with Crippen LogP contribution in [-0.4, -0.2) is 20.1 Å². The summed E-state index contributed by atoms with van der Waals surface area (Å²) < 4.78 is 24.9. The van der Waals surface area contributed by atoms with E-state index in [1.54, 1.807) is 19.1 Å². The number of amides is 1. The van der Waals surface area contributed by atoms with Crippen LogP contribution in [0.4, 0.5) is 0 Å². The molecule has 5 heteroatoms. The van der Waals surface area contributed by atoms with E-state index in [2.05, 4.69) is 0 Å². The summed E-state index contributed by atoms with van der Waals surface area (Å²) in [5, 5.41) is 0. The fourth-order valence-electron chi connectivity index (χ4n) is 1.41. The Bertz CT molecular complexity index is 477. The standard InChI is InChI=1S/C12H17NO3S/c1-3-9-17(15,16)13-12(14)11-7-5-10(4-2)6-8-11/h5-8H,3-4,9H2,1-2H3,(H,13,14). The molecule has 1 aromatic carbocycles. The molecule has 0 saturated carbocycles. The molecule has 0 radical (unpaired) electrons. The highest BCUT2D eigenvalue weighted by Crippen LogP contribution is 2.05. The van der Waals surface area contributed by atoms with Crippen LogP contribution in [0.5, 0.6) is 0 Å². The lowest BCUT2D eigenvalue weighted by Crippen LogP contribution is -2.32. The summed E-state index contributed by atoms with van der Waals surface area (Å²) in [6.45, 7) is 3.76. The monoisotopic (exact) mass is 255 g/mol. The Kier molecular flexibility index (Phi) is 4.69. The summed E-state index contributed by atoms with van der Waals surface area (Å²) in [7, 11) is -3.49. The fraction of sp³-hybridized carbons (Fsp3) is 0.417. The summed E-state index contributed by atoms with van der Waals surface area (Å²) >= 11 is 0. The number of carbonyl (C=O) groups excluding carboxylic acids is 1. The van der Waals surface area contributed by atoms with Crippen molar-refractivity contribution in [2.75, 3.05) is 5.75 Å². The molecule has 0 aromatic heterocycles. The number of benzene rings is 1. The van der Waals surface area contributed by atoms with Gasteiger partial charge in [0.25, 0.3) is 5.91 Å². The highest BCUT2D eigenvalue weighted by Gasteiger charge is 2.14.